The van der Waals surface area contributed by atoms with Gasteiger partial charge in [-0.3, -0.25) is 0 Å². The smallest absolute Gasteiger partial charge is 0.387 e. The Balaban J connectivity index is 1.66. The number of aromatic nitrogens is 4. The van der Waals surface area contributed by atoms with Crippen LogP contribution in [0.5, 0.6) is 5.75 Å². The molecule has 0 amide bonds. The maximum Gasteiger partial charge on any atom is 0.387 e. The molecule has 2 unspecified atom stereocenters. The summed E-state index contributed by atoms with van der Waals surface area (Å²) in [5.41, 5.74) is 0.111. The Hall–Kier alpha value is -3.57. The molecule has 0 radical (unpaired) electrons. The summed E-state index contributed by atoms with van der Waals surface area (Å²) in [7, 11) is 0. The molecular formula is C24H20F4N4O3. The Bertz CT molecular complexity index is 1420. The van der Waals surface area contributed by atoms with Crippen molar-refractivity contribution in [3.63, 3.8) is 0 Å². The van der Waals surface area contributed by atoms with Crippen LogP contribution in [-0.4, -0.2) is 36.2 Å². The van der Waals surface area contributed by atoms with Crippen molar-refractivity contribution < 1.29 is 32.5 Å². The van der Waals surface area contributed by atoms with Crippen LogP contribution in [-0.2, 0) is 5.60 Å². The van der Waals surface area contributed by atoms with Crippen molar-refractivity contribution in [1.29, 1.82) is 0 Å². The number of hydrogen-bond donors (Lipinski definition) is 2. The number of para-hydroxylation sites is 1. The lowest BCUT2D eigenvalue weighted by molar-refractivity contribution is -0.0529. The molecule has 3 aromatic heterocycles. The van der Waals surface area contributed by atoms with Gasteiger partial charge in [-0.05, 0) is 26.3 Å². The molecule has 35 heavy (non-hydrogen) atoms. The molecule has 3 heterocycles. The van der Waals surface area contributed by atoms with E-state index in [0.717, 1.165) is 6.07 Å². The fraction of sp³-hybridized carbons (Fsp3) is 0.292. The van der Waals surface area contributed by atoms with Crippen LogP contribution in [0.3, 0.4) is 0 Å². The fourth-order valence-corrected chi connectivity index (χ4v) is 4.42. The minimum absolute atomic E-state index is 0.0553. The lowest BCUT2D eigenvalue weighted by Gasteiger charge is -2.18. The van der Waals surface area contributed by atoms with E-state index in [-0.39, 0.29) is 34.7 Å². The molecule has 0 saturated heterocycles. The molecule has 182 valence electrons. The molecule has 5 rings (SSSR count). The van der Waals surface area contributed by atoms with Crippen molar-refractivity contribution >= 4 is 5.65 Å². The van der Waals surface area contributed by atoms with Gasteiger partial charge in [0.15, 0.2) is 17.4 Å². The third kappa shape index (κ3) is 4.00. The first kappa shape index (κ1) is 23.2. The minimum Gasteiger partial charge on any atom is -0.431 e. The van der Waals surface area contributed by atoms with Crippen molar-refractivity contribution in [1.82, 2.24) is 19.4 Å². The van der Waals surface area contributed by atoms with E-state index in [1.165, 1.54) is 55.0 Å². The summed E-state index contributed by atoms with van der Waals surface area (Å²) in [6.45, 7) is -0.202. The predicted octanol–water partition coefficient (Wildman–Crippen LogP) is 4.47. The third-order valence-corrected chi connectivity index (χ3v) is 5.97. The zero-order valence-electron chi connectivity index (χ0n) is 18.6. The first-order valence-corrected chi connectivity index (χ1v) is 10.7. The first-order chi connectivity index (χ1) is 16.5. The van der Waals surface area contributed by atoms with Crippen LogP contribution in [0.1, 0.15) is 55.1 Å². The number of alkyl halides is 2. The Kier molecular flexibility index (Phi) is 5.48. The zero-order chi connectivity index (χ0) is 25.1. The molecule has 11 heteroatoms. The van der Waals surface area contributed by atoms with Gasteiger partial charge in [0.25, 0.3) is 0 Å². The lowest BCUT2D eigenvalue weighted by atomic mass is 9.95. The van der Waals surface area contributed by atoms with E-state index >= 15 is 4.39 Å². The highest BCUT2D eigenvalue weighted by Gasteiger charge is 2.38. The highest BCUT2D eigenvalue weighted by atomic mass is 19.3. The molecular weight excluding hydrogens is 468 g/mol. The maximum absolute atomic E-state index is 15.0. The number of imidazole rings is 1. The van der Waals surface area contributed by atoms with Crippen LogP contribution in [0.25, 0.3) is 16.8 Å². The van der Waals surface area contributed by atoms with Crippen molar-refractivity contribution in [3.05, 3.63) is 77.3 Å². The molecule has 2 N–H and O–H groups in total. The molecule has 2 atom stereocenters. The quantitative estimate of drug-likeness (QED) is 0.403. The number of halogens is 4. The average molecular weight is 488 g/mol. The van der Waals surface area contributed by atoms with E-state index in [0.29, 0.717) is 11.3 Å². The predicted molar refractivity (Wildman–Crippen MR) is 116 cm³/mol. The molecule has 7 nitrogen and oxygen atoms in total. The second-order valence-electron chi connectivity index (χ2n) is 8.84. The number of ether oxygens (including phenoxy) is 1. The summed E-state index contributed by atoms with van der Waals surface area (Å²) in [5, 5.41) is 20.7. The number of aliphatic hydroxyl groups excluding tert-OH is 1. The lowest BCUT2D eigenvalue weighted by Crippen LogP contribution is -2.19. The van der Waals surface area contributed by atoms with Crippen LogP contribution in [0.2, 0.25) is 0 Å². The van der Waals surface area contributed by atoms with Crippen LogP contribution in [0.4, 0.5) is 17.6 Å². The molecule has 0 saturated carbocycles. The molecule has 0 bridgehead atoms. The highest BCUT2D eigenvalue weighted by molar-refractivity contribution is 5.65. The van der Waals surface area contributed by atoms with Crippen LogP contribution in [0, 0.1) is 11.6 Å². The number of fused-ring (bicyclic) bond motifs is 3. The molecule has 1 aliphatic carbocycles. The van der Waals surface area contributed by atoms with Gasteiger partial charge in [0, 0.05) is 47.3 Å². The van der Waals surface area contributed by atoms with Crippen LogP contribution < -0.4 is 4.74 Å². The monoisotopic (exact) mass is 488 g/mol. The zero-order valence-corrected chi connectivity index (χ0v) is 18.6. The van der Waals surface area contributed by atoms with Gasteiger partial charge in [0.1, 0.15) is 17.1 Å². The molecule has 0 fully saturated rings. The van der Waals surface area contributed by atoms with Crippen molar-refractivity contribution in [2.45, 2.75) is 44.5 Å². The number of benzene rings is 1. The van der Waals surface area contributed by atoms with Gasteiger partial charge in [-0.2, -0.15) is 8.78 Å². The number of hydrogen-bond acceptors (Lipinski definition) is 6. The van der Waals surface area contributed by atoms with Crippen molar-refractivity contribution in [3.8, 4) is 16.9 Å². The van der Waals surface area contributed by atoms with Crippen molar-refractivity contribution in [2.75, 3.05) is 0 Å². The molecule has 1 aliphatic rings. The molecule has 1 aromatic carbocycles. The van der Waals surface area contributed by atoms with Crippen molar-refractivity contribution in [2.24, 2.45) is 0 Å². The number of nitrogens with zero attached hydrogens (tertiary/aromatic N) is 4. The Morgan fingerprint density at radius 3 is 2.51 bits per heavy atom. The highest BCUT2D eigenvalue weighted by Crippen LogP contribution is 2.47. The summed E-state index contributed by atoms with van der Waals surface area (Å²) >= 11 is 0. The average Bonchev–Trinajstić information content (AvgIpc) is 3.30. The Labute approximate surface area is 196 Å². The fourth-order valence-electron chi connectivity index (χ4n) is 4.42. The summed E-state index contributed by atoms with van der Waals surface area (Å²) in [6, 6.07) is 4.99. The maximum atomic E-state index is 15.0. The normalized spacial score (nSPS) is 17.9. The van der Waals surface area contributed by atoms with Crippen LogP contribution in [0.15, 0.2) is 42.9 Å². The van der Waals surface area contributed by atoms with Gasteiger partial charge >= 0.3 is 6.61 Å². The van der Waals surface area contributed by atoms with Gasteiger partial charge in [0.05, 0.1) is 17.5 Å². The summed E-state index contributed by atoms with van der Waals surface area (Å²) in [4.78, 5) is 12.5. The Morgan fingerprint density at radius 2 is 1.86 bits per heavy atom. The summed E-state index contributed by atoms with van der Waals surface area (Å²) < 4.78 is 61.4. The van der Waals surface area contributed by atoms with E-state index in [1.807, 2.05) is 0 Å². The van der Waals surface area contributed by atoms with Gasteiger partial charge in [0.2, 0.25) is 0 Å². The van der Waals surface area contributed by atoms with E-state index in [2.05, 4.69) is 19.7 Å². The van der Waals surface area contributed by atoms with E-state index in [4.69, 9.17) is 0 Å². The van der Waals surface area contributed by atoms with Crippen LogP contribution >= 0.6 is 0 Å². The summed E-state index contributed by atoms with van der Waals surface area (Å²) in [5.74, 6) is -2.78. The van der Waals surface area contributed by atoms with E-state index in [1.54, 1.807) is 0 Å². The minimum atomic E-state index is -3.24. The van der Waals surface area contributed by atoms with E-state index in [9.17, 15) is 23.4 Å². The third-order valence-electron chi connectivity index (χ3n) is 5.97. The van der Waals surface area contributed by atoms with Gasteiger partial charge in [-0.1, -0.05) is 12.1 Å². The molecule has 0 aliphatic heterocycles. The SMILES string of the molecule is CC(C)(O)c1ncc(-c2cn3c4c(nc3cc2F)C(O)CC4c2cccc(F)c2OC(F)F)cn1. The summed E-state index contributed by atoms with van der Waals surface area (Å²) in [6.07, 6.45) is 3.17. The van der Waals surface area contributed by atoms with Gasteiger partial charge in [-0.15, -0.1) is 0 Å². The second kappa shape index (κ2) is 8.28. The van der Waals surface area contributed by atoms with Gasteiger partial charge < -0.3 is 19.4 Å². The topological polar surface area (TPSA) is 92.8 Å². The number of rotatable bonds is 5. The molecule has 4 aromatic rings. The largest absolute Gasteiger partial charge is 0.431 e. The standard InChI is InChI=1S/C24H20F4N4O3/c1-24(2,34)22-29-8-11(9-30-22)14-10-32-18(7-16(14)26)31-19-17(33)6-13(20(19)32)12-4-3-5-15(25)21(12)35-23(27)28/h3-5,7-10,13,17,23,33-34H,6H2,1-2H3. The first-order valence-electron chi connectivity index (χ1n) is 10.7. The number of pyridine rings is 1. The molecule has 0 spiro atoms. The van der Waals surface area contributed by atoms with E-state index < -0.39 is 41.6 Å². The van der Waals surface area contributed by atoms with Gasteiger partial charge in [-0.25, -0.2) is 23.7 Å². The second-order valence-corrected chi connectivity index (χ2v) is 8.84. The number of aliphatic hydroxyl groups is 2. The Morgan fingerprint density at radius 1 is 1.14 bits per heavy atom.